The number of piperazine rings is 2. The van der Waals surface area contributed by atoms with Gasteiger partial charge < -0.3 is 20.9 Å². The van der Waals surface area contributed by atoms with Crippen LogP contribution in [0.2, 0.25) is 0 Å². The third-order valence-corrected chi connectivity index (χ3v) is 6.41. The van der Waals surface area contributed by atoms with E-state index < -0.39 is 0 Å². The van der Waals surface area contributed by atoms with E-state index in [1.54, 1.807) is 0 Å². The topological polar surface area (TPSA) is 39.3 Å². The molecule has 2 fully saturated rings. The lowest BCUT2D eigenvalue weighted by Gasteiger charge is -2.30. The Labute approximate surface area is 218 Å². The Kier molecular flexibility index (Phi) is 13.4. The van der Waals surface area contributed by atoms with Crippen molar-refractivity contribution < 1.29 is 0 Å². The summed E-state index contributed by atoms with van der Waals surface area (Å²) in [4.78, 5) is 2.45. The second kappa shape index (κ2) is 14.9. The number of hydrogen-bond donors (Lipinski definition) is 3. The Bertz CT molecular complexity index is 767. The lowest BCUT2D eigenvalue weighted by molar-refractivity contribution is 0.534. The van der Waals surface area contributed by atoms with Crippen LogP contribution in [0.5, 0.6) is 0 Å². The summed E-state index contributed by atoms with van der Waals surface area (Å²) in [6, 6.07) is 17.5. The van der Waals surface area contributed by atoms with Crippen LogP contribution in [0.3, 0.4) is 0 Å². The molecule has 2 aromatic rings. The summed E-state index contributed by atoms with van der Waals surface area (Å²) in [5.74, 6) is 0. The molecule has 2 saturated heterocycles. The number of nitrogens with zero attached hydrogens (tertiary/aromatic N) is 1. The fourth-order valence-electron chi connectivity index (χ4n) is 3.65. The molecule has 0 amide bonds. The van der Waals surface area contributed by atoms with Crippen LogP contribution in [-0.2, 0) is 10.8 Å². The Morgan fingerprint density at radius 2 is 0.941 bits per heavy atom. The molecule has 2 aliphatic rings. The number of rotatable bonds is 1. The largest absolute Gasteiger partial charge is 0.369 e. The van der Waals surface area contributed by atoms with Gasteiger partial charge in [0.05, 0.1) is 0 Å². The van der Waals surface area contributed by atoms with Crippen molar-refractivity contribution in [3.05, 3.63) is 64.1 Å². The molecular formula is C29H49BrN4. The summed E-state index contributed by atoms with van der Waals surface area (Å²) in [6.45, 7) is 22.4. The fourth-order valence-corrected chi connectivity index (χ4v) is 3.91. The van der Waals surface area contributed by atoms with Gasteiger partial charge in [0.2, 0.25) is 0 Å². The summed E-state index contributed by atoms with van der Waals surface area (Å²) in [5, 5.41) is 9.82. The van der Waals surface area contributed by atoms with Gasteiger partial charge >= 0.3 is 0 Å². The van der Waals surface area contributed by atoms with E-state index in [1.807, 2.05) is 0 Å². The van der Waals surface area contributed by atoms with E-state index in [0.717, 1.165) is 56.8 Å². The average molecular weight is 534 g/mol. The molecule has 0 bridgehead atoms. The highest BCUT2D eigenvalue weighted by Crippen LogP contribution is 2.25. The Hall–Kier alpha value is -1.40. The highest BCUT2D eigenvalue weighted by Gasteiger charge is 2.15. The maximum absolute atomic E-state index is 3.41. The van der Waals surface area contributed by atoms with Gasteiger partial charge in [-0.15, -0.1) is 0 Å². The van der Waals surface area contributed by atoms with Gasteiger partial charge in [-0.25, -0.2) is 0 Å². The molecule has 4 nitrogen and oxygen atoms in total. The first kappa shape index (κ1) is 30.6. The molecule has 0 aromatic heterocycles. The maximum atomic E-state index is 3.41. The molecule has 2 aromatic carbocycles. The maximum Gasteiger partial charge on any atom is 0.0367 e. The molecule has 2 aliphatic heterocycles. The van der Waals surface area contributed by atoms with Crippen molar-refractivity contribution in [2.75, 3.05) is 57.3 Å². The molecule has 192 valence electrons. The summed E-state index contributed by atoms with van der Waals surface area (Å²) >= 11 is 3.41. The van der Waals surface area contributed by atoms with Gasteiger partial charge in [0.1, 0.15) is 0 Å². The number of anilines is 1. The molecule has 5 heteroatoms. The van der Waals surface area contributed by atoms with E-state index in [2.05, 4.69) is 127 Å². The summed E-state index contributed by atoms with van der Waals surface area (Å²) in [7, 11) is 0. The molecule has 2 heterocycles. The number of hydrogen-bond acceptors (Lipinski definition) is 4. The predicted molar refractivity (Wildman–Crippen MR) is 156 cm³/mol. The van der Waals surface area contributed by atoms with E-state index in [4.69, 9.17) is 0 Å². The number of nitrogens with one attached hydrogen (secondary N) is 3. The van der Waals surface area contributed by atoms with E-state index in [9.17, 15) is 0 Å². The molecule has 0 unspecified atom stereocenters. The van der Waals surface area contributed by atoms with Crippen molar-refractivity contribution >= 4 is 21.6 Å². The van der Waals surface area contributed by atoms with E-state index in [1.165, 1.54) is 16.8 Å². The molecule has 0 radical (unpaired) electrons. The third kappa shape index (κ3) is 11.4. The van der Waals surface area contributed by atoms with E-state index >= 15 is 0 Å². The zero-order valence-electron chi connectivity index (χ0n) is 21.6. The second-order valence-electron chi connectivity index (χ2n) is 10.8. The quantitative estimate of drug-likeness (QED) is 0.423. The minimum atomic E-state index is 0. The Morgan fingerprint density at radius 1 is 0.588 bits per heavy atom. The summed E-state index contributed by atoms with van der Waals surface area (Å²) in [5.41, 5.74) is 4.66. The van der Waals surface area contributed by atoms with Crippen molar-refractivity contribution in [1.82, 2.24) is 16.0 Å². The first-order valence-electron chi connectivity index (χ1n) is 12.3. The molecule has 3 N–H and O–H groups in total. The van der Waals surface area contributed by atoms with Crippen LogP contribution in [0.25, 0.3) is 0 Å². The zero-order chi connectivity index (χ0) is 24.3. The van der Waals surface area contributed by atoms with Crippen molar-refractivity contribution in [1.29, 1.82) is 0 Å². The first-order chi connectivity index (χ1) is 15.6. The van der Waals surface area contributed by atoms with Crippen molar-refractivity contribution in [3.8, 4) is 0 Å². The highest BCUT2D eigenvalue weighted by atomic mass is 79.9. The third-order valence-electron chi connectivity index (χ3n) is 5.88. The zero-order valence-corrected chi connectivity index (χ0v) is 23.2. The van der Waals surface area contributed by atoms with Gasteiger partial charge in [-0.1, -0.05) is 89.2 Å². The minimum absolute atomic E-state index is 0. The molecule has 0 saturated carbocycles. The highest BCUT2D eigenvalue weighted by molar-refractivity contribution is 9.10. The first-order valence-corrected chi connectivity index (χ1v) is 13.1. The number of halogens is 1. The average Bonchev–Trinajstić information content (AvgIpc) is 2.81. The molecule has 0 atom stereocenters. The van der Waals surface area contributed by atoms with Gasteiger partial charge in [0.25, 0.3) is 0 Å². The standard InChI is InChI=1S/C14H22N2.C10H13Br.C4H10N2.CH4/c1-14(2,3)12-4-6-13(7-5-12)16-10-8-15-9-11-16;1-10(2,3)8-4-6-9(11)7-5-8;1-2-6-4-3-5-1;/h4-7,15H,8-11H2,1-3H3;4-7H,1-3H3;5-6H,1-4H2;1H4. The smallest absolute Gasteiger partial charge is 0.0367 e. The van der Waals surface area contributed by atoms with Crippen LogP contribution in [0.1, 0.15) is 60.1 Å². The van der Waals surface area contributed by atoms with Crippen LogP contribution >= 0.6 is 15.9 Å². The number of benzene rings is 2. The van der Waals surface area contributed by atoms with Crippen LogP contribution < -0.4 is 20.9 Å². The molecule has 0 aliphatic carbocycles. The Balaban J connectivity index is 0.000000278. The fraction of sp³-hybridized carbons (Fsp3) is 0.586. The van der Waals surface area contributed by atoms with Crippen molar-refractivity contribution in [2.24, 2.45) is 0 Å². The molecule has 34 heavy (non-hydrogen) atoms. The lowest BCUT2D eigenvalue weighted by atomic mass is 9.87. The summed E-state index contributed by atoms with van der Waals surface area (Å²) < 4.78 is 1.14. The SMILES string of the molecule is C.C1CNCCN1.CC(C)(C)c1ccc(Br)cc1.CC(C)(C)c1ccc(N2CCNCC2)cc1. The predicted octanol–water partition coefficient (Wildman–Crippen LogP) is 5.96. The second-order valence-corrected chi connectivity index (χ2v) is 11.7. The van der Waals surface area contributed by atoms with Crippen molar-refractivity contribution in [2.45, 2.75) is 59.8 Å². The van der Waals surface area contributed by atoms with Gasteiger partial charge in [0.15, 0.2) is 0 Å². The normalized spacial score (nSPS) is 16.3. The molecule has 4 rings (SSSR count). The van der Waals surface area contributed by atoms with Gasteiger partial charge in [-0.3, -0.25) is 0 Å². The van der Waals surface area contributed by atoms with Crippen LogP contribution in [0.15, 0.2) is 53.0 Å². The molecule has 0 spiro atoms. The monoisotopic (exact) mass is 532 g/mol. The van der Waals surface area contributed by atoms with Crippen LogP contribution in [0.4, 0.5) is 5.69 Å². The van der Waals surface area contributed by atoms with E-state index in [-0.39, 0.29) is 18.3 Å². The molecular weight excluding hydrogens is 484 g/mol. The van der Waals surface area contributed by atoms with Crippen LogP contribution in [0, 0.1) is 0 Å². The van der Waals surface area contributed by atoms with E-state index in [0.29, 0.717) is 0 Å². The summed E-state index contributed by atoms with van der Waals surface area (Å²) in [6.07, 6.45) is 0. The van der Waals surface area contributed by atoms with Gasteiger partial charge in [-0.05, 0) is 46.2 Å². The van der Waals surface area contributed by atoms with Crippen molar-refractivity contribution in [3.63, 3.8) is 0 Å². The van der Waals surface area contributed by atoms with Crippen LogP contribution in [-0.4, -0.2) is 52.4 Å². The van der Waals surface area contributed by atoms with Gasteiger partial charge in [-0.2, -0.15) is 0 Å². The lowest BCUT2D eigenvalue weighted by Crippen LogP contribution is -2.43. The minimum Gasteiger partial charge on any atom is -0.369 e. The Morgan fingerprint density at radius 3 is 1.29 bits per heavy atom. The van der Waals surface area contributed by atoms with Gasteiger partial charge in [0, 0.05) is 62.5 Å².